The molecule has 0 unspecified atom stereocenters. The number of hydrogen-bond acceptors (Lipinski definition) is 5. The zero-order valence-electron chi connectivity index (χ0n) is 18.2. The number of aliphatic hydroxyl groups excluding tert-OH is 1. The average molecular weight is 431 g/mol. The molecule has 8 nitrogen and oxygen atoms in total. The van der Waals surface area contributed by atoms with Crippen molar-refractivity contribution in [2.45, 2.75) is 26.4 Å². The Morgan fingerprint density at radius 1 is 1.28 bits per heavy atom. The molecule has 0 saturated carbocycles. The fourth-order valence-electron chi connectivity index (χ4n) is 2.90. The summed E-state index contributed by atoms with van der Waals surface area (Å²) in [6.45, 7) is 4.40. The summed E-state index contributed by atoms with van der Waals surface area (Å²) < 4.78 is 1.54. The number of hydrogen-bond donors (Lipinski definition) is 2. The maximum absolute atomic E-state index is 11.8. The summed E-state index contributed by atoms with van der Waals surface area (Å²) in [5, 5.41) is 24.1. The second-order valence-electron chi connectivity index (χ2n) is 6.68. The second kappa shape index (κ2) is 11.3. The summed E-state index contributed by atoms with van der Waals surface area (Å²) in [5.74, 6) is 4.99. The lowest BCUT2D eigenvalue weighted by Gasteiger charge is -2.10. The molecule has 1 aromatic heterocycles. The minimum absolute atomic E-state index is 0.112. The van der Waals surface area contributed by atoms with Gasteiger partial charge in [-0.2, -0.15) is 10.4 Å². The van der Waals surface area contributed by atoms with E-state index < -0.39 is 12.0 Å². The predicted octanol–water partition coefficient (Wildman–Crippen LogP) is 2.21. The van der Waals surface area contributed by atoms with Crippen LogP contribution in [0.2, 0.25) is 0 Å². The van der Waals surface area contributed by atoms with Crippen LogP contribution in [0, 0.1) is 23.2 Å². The van der Waals surface area contributed by atoms with Gasteiger partial charge in [0.05, 0.1) is 22.8 Å². The zero-order valence-corrected chi connectivity index (χ0v) is 18.2. The van der Waals surface area contributed by atoms with E-state index in [4.69, 9.17) is 5.73 Å². The van der Waals surface area contributed by atoms with E-state index >= 15 is 0 Å². The lowest BCUT2D eigenvalue weighted by atomic mass is 10.1. The van der Waals surface area contributed by atoms with Crippen molar-refractivity contribution in [3.63, 3.8) is 0 Å². The molecule has 0 spiro atoms. The molecule has 2 aromatic carbocycles. The van der Waals surface area contributed by atoms with Gasteiger partial charge < -0.3 is 15.7 Å². The van der Waals surface area contributed by atoms with Crippen LogP contribution in [0.5, 0.6) is 0 Å². The van der Waals surface area contributed by atoms with Gasteiger partial charge >= 0.3 is 0 Å². The lowest BCUT2D eigenvalue weighted by Crippen LogP contribution is -2.21. The van der Waals surface area contributed by atoms with Crippen LogP contribution in [0.3, 0.4) is 0 Å². The van der Waals surface area contributed by atoms with E-state index in [-0.39, 0.29) is 5.69 Å². The minimum atomic E-state index is -0.874. The standard InChI is InChI=1S/C22H19N5O3.C2H6/c1-26(14-28)10-9-18(29)7-5-15-3-2-4-17(11-15)27-20-12-16(13-23)6-8-19(20)21(25-27)22(24)30;1-2/h2-4,6,8,11-12,14,18,29H,9-10H2,1H3,(H2,24,30);1-2H3/t18-;/m0./s1. The van der Waals surface area contributed by atoms with Gasteiger partial charge in [-0.15, -0.1) is 0 Å². The molecular weight excluding hydrogens is 406 g/mol. The van der Waals surface area contributed by atoms with Crippen LogP contribution >= 0.6 is 0 Å². The van der Waals surface area contributed by atoms with Gasteiger partial charge in [0.15, 0.2) is 5.69 Å². The number of primary amides is 1. The topological polar surface area (TPSA) is 125 Å². The molecule has 3 N–H and O–H groups in total. The van der Waals surface area contributed by atoms with Gasteiger partial charge in [-0.05, 0) is 36.4 Å². The van der Waals surface area contributed by atoms with E-state index in [9.17, 15) is 20.0 Å². The summed E-state index contributed by atoms with van der Waals surface area (Å²) in [6.07, 6.45) is 0.155. The van der Waals surface area contributed by atoms with Gasteiger partial charge in [0, 0.05) is 31.0 Å². The van der Waals surface area contributed by atoms with Crippen molar-refractivity contribution in [1.29, 1.82) is 5.26 Å². The Balaban J connectivity index is 0.00000176. The van der Waals surface area contributed by atoms with Crippen LogP contribution < -0.4 is 5.73 Å². The summed E-state index contributed by atoms with van der Waals surface area (Å²) in [6, 6.07) is 14.1. The third kappa shape index (κ3) is 5.72. The number of aliphatic hydroxyl groups is 1. The smallest absolute Gasteiger partial charge is 0.269 e. The molecule has 0 radical (unpaired) electrons. The maximum Gasteiger partial charge on any atom is 0.269 e. The summed E-state index contributed by atoms with van der Waals surface area (Å²) in [4.78, 5) is 23.8. The quantitative estimate of drug-likeness (QED) is 0.457. The number of fused-ring (bicyclic) bond motifs is 1. The monoisotopic (exact) mass is 431 g/mol. The number of benzene rings is 2. The highest BCUT2D eigenvalue weighted by atomic mass is 16.3. The highest BCUT2D eigenvalue weighted by Gasteiger charge is 2.16. The van der Waals surface area contributed by atoms with Gasteiger partial charge in [0.25, 0.3) is 5.91 Å². The molecule has 0 aliphatic rings. The lowest BCUT2D eigenvalue weighted by molar-refractivity contribution is -0.117. The summed E-state index contributed by atoms with van der Waals surface area (Å²) in [5.41, 5.74) is 7.84. The zero-order chi connectivity index (χ0) is 23.7. The van der Waals surface area contributed by atoms with E-state index in [2.05, 4.69) is 23.0 Å². The summed E-state index contributed by atoms with van der Waals surface area (Å²) >= 11 is 0. The van der Waals surface area contributed by atoms with E-state index in [0.29, 0.717) is 47.1 Å². The van der Waals surface area contributed by atoms with Crippen molar-refractivity contribution in [2.24, 2.45) is 5.73 Å². The SMILES string of the molecule is CC.CN(C=O)CC[C@@H](O)C#Cc1cccc(-n2nc(C(N)=O)c3ccc(C#N)cc32)c1. The van der Waals surface area contributed by atoms with Crippen LogP contribution in [-0.4, -0.2) is 51.8 Å². The molecular formula is C24H25N5O3. The van der Waals surface area contributed by atoms with Crippen molar-refractivity contribution in [3.8, 4) is 23.6 Å². The normalized spacial score (nSPS) is 10.7. The van der Waals surface area contributed by atoms with E-state index in [1.54, 1.807) is 49.5 Å². The minimum Gasteiger partial charge on any atom is -0.380 e. The number of amides is 2. The van der Waals surface area contributed by atoms with Crippen molar-refractivity contribution in [2.75, 3.05) is 13.6 Å². The van der Waals surface area contributed by atoms with Crippen molar-refractivity contribution in [1.82, 2.24) is 14.7 Å². The Morgan fingerprint density at radius 2 is 2.03 bits per heavy atom. The Bertz CT molecular complexity index is 1210. The summed E-state index contributed by atoms with van der Waals surface area (Å²) in [7, 11) is 1.63. The van der Waals surface area contributed by atoms with Gasteiger partial charge in [-0.3, -0.25) is 9.59 Å². The third-order valence-electron chi connectivity index (χ3n) is 4.45. The number of nitrogens with two attached hydrogens (primary N) is 1. The van der Waals surface area contributed by atoms with Gasteiger partial charge in [0.2, 0.25) is 6.41 Å². The maximum atomic E-state index is 11.8. The fraction of sp³-hybridized carbons (Fsp3) is 0.250. The molecule has 0 aliphatic heterocycles. The molecule has 32 heavy (non-hydrogen) atoms. The molecule has 0 fully saturated rings. The van der Waals surface area contributed by atoms with Gasteiger partial charge in [-0.1, -0.05) is 31.8 Å². The van der Waals surface area contributed by atoms with Crippen molar-refractivity contribution < 1.29 is 14.7 Å². The first kappa shape index (κ1) is 24.1. The second-order valence-corrected chi connectivity index (χ2v) is 6.68. The Morgan fingerprint density at radius 3 is 2.69 bits per heavy atom. The molecule has 3 rings (SSSR count). The molecule has 0 bridgehead atoms. The number of nitriles is 1. The molecule has 1 heterocycles. The third-order valence-corrected chi connectivity index (χ3v) is 4.45. The number of aromatic nitrogens is 2. The van der Waals surface area contributed by atoms with Gasteiger partial charge in [-0.25, -0.2) is 4.68 Å². The molecule has 1 atom stereocenters. The predicted molar refractivity (Wildman–Crippen MR) is 122 cm³/mol. The first-order valence-corrected chi connectivity index (χ1v) is 10.1. The Kier molecular flexibility index (Phi) is 8.53. The molecule has 2 amide bonds. The highest BCUT2D eigenvalue weighted by molar-refractivity contribution is 6.04. The van der Waals surface area contributed by atoms with Crippen molar-refractivity contribution in [3.05, 3.63) is 59.3 Å². The van der Waals surface area contributed by atoms with Crippen LogP contribution in [0.25, 0.3) is 16.6 Å². The first-order chi connectivity index (χ1) is 15.4. The first-order valence-electron chi connectivity index (χ1n) is 10.1. The Labute approximate surface area is 186 Å². The number of rotatable bonds is 6. The van der Waals surface area contributed by atoms with Crippen LogP contribution in [0.1, 0.15) is 41.9 Å². The van der Waals surface area contributed by atoms with Gasteiger partial charge in [0.1, 0.15) is 6.10 Å². The van der Waals surface area contributed by atoms with Crippen LogP contribution in [0.15, 0.2) is 42.5 Å². The van der Waals surface area contributed by atoms with Crippen molar-refractivity contribution >= 4 is 23.2 Å². The molecule has 164 valence electrons. The Hall–Kier alpha value is -4.14. The van der Waals surface area contributed by atoms with Crippen LogP contribution in [0.4, 0.5) is 0 Å². The van der Waals surface area contributed by atoms with Crippen LogP contribution in [-0.2, 0) is 4.79 Å². The number of nitrogens with zero attached hydrogens (tertiary/aromatic N) is 4. The number of carbonyl (C=O) groups excluding carboxylic acids is 2. The molecule has 0 aliphatic carbocycles. The molecule has 0 saturated heterocycles. The molecule has 8 heteroatoms. The van der Waals surface area contributed by atoms with E-state index in [1.165, 1.54) is 9.58 Å². The van der Waals surface area contributed by atoms with E-state index in [1.807, 2.05) is 13.8 Å². The van der Waals surface area contributed by atoms with E-state index in [0.717, 1.165) is 0 Å². The fourth-order valence-corrected chi connectivity index (χ4v) is 2.90. The molecule has 3 aromatic rings. The largest absolute Gasteiger partial charge is 0.380 e. The highest BCUT2D eigenvalue weighted by Crippen LogP contribution is 2.23. The average Bonchev–Trinajstić information content (AvgIpc) is 3.21. The number of carbonyl (C=O) groups is 2.